The highest BCUT2D eigenvalue weighted by molar-refractivity contribution is 7.89. The van der Waals surface area contributed by atoms with E-state index in [0.29, 0.717) is 49.2 Å². The number of piperidine rings is 1. The van der Waals surface area contributed by atoms with E-state index >= 15 is 0 Å². The van der Waals surface area contributed by atoms with Gasteiger partial charge in [-0.2, -0.15) is 9.40 Å². The zero-order chi connectivity index (χ0) is 20.2. The lowest BCUT2D eigenvalue weighted by Gasteiger charge is -2.28. The van der Waals surface area contributed by atoms with E-state index in [1.54, 1.807) is 11.6 Å². The Kier molecular flexibility index (Phi) is 7.41. The average Bonchev–Trinajstić information content (AvgIpc) is 2.90. The second kappa shape index (κ2) is 9.16. The van der Waals surface area contributed by atoms with Gasteiger partial charge in [-0.15, -0.1) is 0 Å². The smallest absolute Gasteiger partial charge is 0.314 e. The molecule has 0 aromatic carbocycles. The number of hydrogen-bond donors (Lipinski definition) is 1. The van der Waals surface area contributed by atoms with Crippen LogP contribution >= 0.6 is 0 Å². The van der Waals surface area contributed by atoms with Crippen LogP contribution in [0.2, 0.25) is 0 Å². The van der Waals surface area contributed by atoms with E-state index < -0.39 is 10.0 Å². The first kappa shape index (κ1) is 21.8. The number of ether oxygens (including phenoxy) is 1. The molecule has 1 aromatic rings. The summed E-state index contributed by atoms with van der Waals surface area (Å²) in [4.78, 5) is 13.6. The van der Waals surface area contributed by atoms with Crippen molar-refractivity contribution in [1.29, 1.82) is 0 Å². The molecule has 1 fully saturated rings. The molecule has 1 N–H and O–H groups in total. The number of hydrogen-bond acceptors (Lipinski definition) is 5. The van der Waals surface area contributed by atoms with Gasteiger partial charge in [-0.3, -0.25) is 4.79 Å². The zero-order valence-corrected chi connectivity index (χ0v) is 17.9. The van der Waals surface area contributed by atoms with Crippen molar-refractivity contribution in [2.24, 2.45) is 5.92 Å². The van der Waals surface area contributed by atoms with Crippen LogP contribution in [0.5, 0.6) is 0 Å². The van der Waals surface area contributed by atoms with Crippen molar-refractivity contribution in [3.05, 3.63) is 11.4 Å². The van der Waals surface area contributed by atoms with Crippen LogP contribution in [0.1, 0.15) is 45.0 Å². The normalized spacial score (nSPS) is 20.8. The summed E-state index contributed by atoms with van der Waals surface area (Å²) in [5.41, 5.74) is 1.18. The van der Waals surface area contributed by atoms with Gasteiger partial charge in [0.2, 0.25) is 10.0 Å². The Hall–Kier alpha value is -1.45. The van der Waals surface area contributed by atoms with E-state index in [9.17, 15) is 13.2 Å². The first-order valence-electron chi connectivity index (χ1n) is 9.80. The van der Waals surface area contributed by atoms with E-state index in [0.717, 1.165) is 19.4 Å². The zero-order valence-electron chi connectivity index (χ0n) is 17.1. The lowest BCUT2D eigenvalue weighted by molar-refractivity contribution is -0.930. The molecule has 154 valence electrons. The third-order valence-electron chi connectivity index (χ3n) is 5.23. The van der Waals surface area contributed by atoms with Gasteiger partial charge < -0.3 is 9.64 Å². The number of nitrogens with one attached hydrogen (secondary N) is 1. The fraction of sp³-hybridized carbons (Fsp3) is 0.778. The molecule has 1 unspecified atom stereocenters. The van der Waals surface area contributed by atoms with Crippen molar-refractivity contribution in [3.8, 4) is 0 Å². The number of sulfonamides is 1. The summed E-state index contributed by atoms with van der Waals surface area (Å²) in [5.74, 6) is -0.225. The van der Waals surface area contributed by atoms with Gasteiger partial charge in [0.05, 0.1) is 31.1 Å². The maximum atomic E-state index is 13.0. The summed E-state index contributed by atoms with van der Waals surface area (Å²) in [6.07, 6.45) is 1.80. The molecule has 1 aromatic heterocycles. The van der Waals surface area contributed by atoms with Gasteiger partial charge in [0, 0.05) is 13.1 Å². The van der Waals surface area contributed by atoms with Crippen molar-refractivity contribution >= 4 is 16.0 Å². The van der Waals surface area contributed by atoms with Crippen LogP contribution in [0.15, 0.2) is 4.90 Å². The molecule has 1 saturated heterocycles. The lowest BCUT2D eigenvalue weighted by atomic mass is 9.99. The maximum Gasteiger partial charge on any atom is 0.314 e. The number of esters is 1. The van der Waals surface area contributed by atoms with Crippen LogP contribution in [-0.4, -0.2) is 61.3 Å². The summed E-state index contributed by atoms with van der Waals surface area (Å²) in [6.45, 7) is 12.5. The van der Waals surface area contributed by atoms with Crippen LogP contribution in [0.4, 0.5) is 0 Å². The standard InChI is InChI=1S/C18H32N4O4S/c1-6-21(7-2)27(24,25)17-14(4)19-22(15(17)5)13-20-11-9-10-16(12-20)18(23)26-8-3/h16H,6-13H2,1-5H3/p+1/t16-/m0/s1. The Labute approximate surface area is 162 Å². The monoisotopic (exact) mass is 401 g/mol. The Bertz CT molecular complexity index is 756. The van der Waals surface area contributed by atoms with Crippen molar-refractivity contribution in [3.63, 3.8) is 0 Å². The predicted octanol–water partition coefficient (Wildman–Crippen LogP) is 0.346. The third-order valence-corrected chi connectivity index (χ3v) is 7.53. The number of likely N-dealkylation sites (tertiary alicyclic amines) is 1. The van der Waals surface area contributed by atoms with Crippen LogP contribution in [0.25, 0.3) is 0 Å². The summed E-state index contributed by atoms with van der Waals surface area (Å²) in [5, 5.41) is 4.50. The molecule has 0 saturated carbocycles. The number of carbonyl (C=O) groups excluding carboxylic acids is 1. The van der Waals surface area contributed by atoms with Gasteiger partial charge in [0.25, 0.3) is 0 Å². The topological polar surface area (TPSA) is 85.9 Å². The van der Waals surface area contributed by atoms with Gasteiger partial charge in [0.15, 0.2) is 6.67 Å². The molecule has 2 rings (SSSR count). The SMILES string of the molecule is CCOC(=O)[C@H]1CCC[NH+](Cn2nc(C)c(S(=O)(=O)N(CC)CC)c2C)C1. The predicted molar refractivity (Wildman–Crippen MR) is 102 cm³/mol. The molecule has 0 amide bonds. The Morgan fingerprint density at radius 2 is 1.96 bits per heavy atom. The number of quaternary nitrogens is 1. The summed E-state index contributed by atoms with van der Waals surface area (Å²) < 4.78 is 34.3. The Balaban J connectivity index is 2.20. The van der Waals surface area contributed by atoms with Crippen LogP contribution in [0, 0.1) is 19.8 Å². The van der Waals surface area contributed by atoms with Gasteiger partial charge in [-0.05, 0) is 33.6 Å². The molecule has 8 nitrogen and oxygen atoms in total. The minimum absolute atomic E-state index is 0.0930. The highest BCUT2D eigenvalue weighted by atomic mass is 32.2. The Morgan fingerprint density at radius 1 is 1.30 bits per heavy atom. The highest BCUT2D eigenvalue weighted by Gasteiger charge is 2.33. The third kappa shape index (κ3) is 4.70. The summed E-state index contributed by atoms with van der Waals surface area (Å²) >= 11 is 0. The number of aryl methyl sites for hydroxylation is 1. The van der Waals surface area contributed by atoms with Crippen LogP contribution < -0.4 is 4.90 Å². The first-order valence-corrected chi connectivity index (χ1v) is 11.2. The number of aromatic nitrogens is 2. The van der Waals surface area contributed by atoms with Gasteiger partial charge in [0.1, 0.15) is 10.8 Å². The van der Waals surface area contributed by atoms with Gasteiger partial charge >= 0.3 is 5.97 Å². The largest absolute Gasteiger partial charge is 0.466 e. The van der Waals surface area contributed by atoms with E-state index in [1.165, 1.54) is 9.21 Å². The fourth-order valence-electron chi connectivity index (χ4n) is 3.87. The van der Waals surface area contributed by atoms with E-state index in [-0.39, 0.29) is 11.9 Å². The van der Waals surface area contributed by atoms with Gasteiger partial charge in [-0.1, -0.05) is 13.8 Å². The average molecular weight is 402 g/mol. The number of carbonyl (C=O) groups is 1. The highest BCUT2D eigenvalue weighted by Crippen LogP contribution is 2.23. The van der Waals surface area contributed by atoms with E-state index in [1.807, 2.05) is 27.7 Å². The first-order chi connectivity index (χ1) is 12.8. The number of nitrogens with zero attached hydrogens (tertiary/aromatic N) is 3. The maximum absolute atomic E-state index is 13.0. The quantitative estimate of drug-likeness (QED) is 0.635. The fourth-order valence-corrected chi connectivity index (χ4v) is 5.70. The van der Waals surface area contributed by atoms with Crippen molar-refractivity contribution in [1.82, 2.24) is 14.1 Å². The minimum Gasteiger partial charge on any atom is -0.466 e. The molecule has 2 heterocycles. The number of rotatable bonds is 8. The molecule has 9 heteroatoms. The molecule has 2 atom stereocenters. The Morgan fingerprint density at radius 3 is 2.56 bits per heavy atom. The van der Waals surface area contributed by atoms with E-state index in [2.05, 4.69) is 5.10 Å². The molecule has 0 spiro atoms. The van der Waals surface area contributed by atoms with Crippen molar-refractivity contribution in [2.45, 2.75) is 59.0 Å². The molecular weight excluding hydrogens is 368 g/mol. The second-order valence-electron chi connectivity index (χ2n) is 7.04. The summed E-state index contributed by atoms with van der Waals surface area (Å²) in [7, 11) is -3.55. The minimum atomic E-state index is -3.55. The molecule has 0 radical (unpaired) electrons. The lowest BCUT2D eigenvalue weighted by Crippen LogP contribution is -3.13. The summed E-state index contributed by atoms with van der Waals surface area (Å²) in [6, 6.07) is 0. The molecule has 27 heavy (non-hydrogen) atoms. The molecule has 0 bridgehead atoms. The molecule has 1 aliphatic rings. The van der Waals surface area contributed by atoms with Gasteiger partial charge in [-0.25, -0.2) is 13.1 Å². The van der Waals surface area contributed by atoms with Crippen molar-refractivity contribution in [2.75, 3.05) is 32.8 Å². The second-order valence-corrected chi connectivity index (χ2v) is 8.92. The van der Waals surface area contributed by atoms with Crippen molar-refractivity contribution < 1.29 is 22.8 Å². The van der Waals surface area contributed by atoms with Crippen LogP contribution in [0.3, 0.4) is 0 Å². The van der Waals surface area contributed by atoms with E-state index in [4.69, 9.17) is 4.74 Å². The molecule has 1 aliphatic heterocycles. The molecule has 0 aliphatic carbocycles. The molecular formula is C18H33N4O4S+. The van der Waals surface area contributed by atoms with Crippen LogP contribution in [-0.2, 0) is 26.2 Å².